The van der Waals surface area contributed by atoms with Crippen molar-refractivity contribution in [1.29, 1.82) is 0 Å². The van der Waals surface area contributed by atoms with Crippen molar-refractivity contribution in [2.24, 2.45) is 17.6 Å². The Labute approximate surface area is 146 Å². The van der Waals surface area contributed by atoms with Crippen molar-refractivity contribution in [3.05, 3.63) is 35.4 Å². The fourth-order valence-electron chi connectivity index (χ4n) is 4.22. The summed E-state index contributed by atoms with van der Waals surface area (Å²) in [5.41, 5.74) is 6.79. The molecule has 6 heteroatoms. The summed E-state index contributed by atoms with van der Waals surface area (Å²) in [5.74, 6) is 0.473. The number of primary amides is 1. The molecule has 2 unspecified atom stereocenters. The number of rotatable bonds is 3. The first-order valence-electron chi connectivity index (χ1n) is 7.44. The Balaban J connectivity index is 0.00000176. The molecule has 0 aromatic heterocycles. The number of methoxy groups -OCH3 is 1. The van der Waals surface area contributed by atoms with Gasteiger partial charge in [-0.1, -0.05) is 18.6 Å². The third kappa shape index (κ3) is 2.80. The fraction of sp³-hybridized carbons (Fsp3) is 0.562. The summed E-state index contributed by atoms with van der Waals surface area (Å²) in [5, 5.41) is 0. The van der Waals surface area contributed by atoms with E-state index in [0.717, 1.165) is 31.5 Å². The molecule has 1 aliphatic heterocycles. The minimum Gasteiger partial charge on any atom is -0.373 e. The number of hydrogen-bond donors (Lipinski definition) is 1. The van der Waals surface area contributed by atoms with Gasteiger partial charge in [0, 0.05) is 53.7 Å². The Morgan fingerprint density at radius 1 is 1.36 bits per heavy atom. The average molecular weight is 390 g/mol. The van der Waals surface area contributed by atoms with Crippen LogP contribution in [0.2, 0.25) is 0 Å². The number of carbonyl (C=O) groups excluding carboxylic acids is 1. The van der Waals surface area contributed by atoms with E-state index in [9.17, 15) is 4.79 Å². The molecule has 2 bridgehead atoms. The summed E-state index contributed by atoms with van der Waals surface area (Å²) < 4.78 is 8.33. The van der Waals surface area contributed by atoms with Gasteiger partial charge < -0.3 is 10.5 Å². The van der Waals surface area contributed by atoms with Gasteiger partial charge in [0.25, 0.3) is 0 Å². The Hall–Kier alpha value is -0.620. The van der Waals surface area contributed by atoms with E-state index in [4.69, 9.17) is 10.5 Å². The van der Waals surface area contributed by atoms with Crippen molar-refractivity contribution >= 4 is 34.5 Å². The van der Waals surface area contributed by atoms with Crippen LogP contribution >= 0.6 is 28.6 Å². The van der Waals surface area contributed by atoms with E-state index in [2.05, 4.69) is 26.1 Å². The molecule has 1 aliphatic carbocycles. The highest BCUT2D eigenvalue weighted by atomic mass is 79.9. The van der Waals surface area contributed by atoms with Gasteiger partial charge in [-0.3, -0.25) is 4.79 Å². The van der Waals surface area contributed by atoms with Crippen molar-refractivity contribution in [3.63, 3.8) is 0 Å². The van der Waals surface area contributed by atoms with Gasteiger partial charge in [0.1, 0.15) is 5.60 Å². The number of amides is 1. The molecule has 22 heavy (non-hydrogen) atoms. The van der Waals surface area contributed by atoms with Crippen LogP contribution in [-0.2, 0) is 10.3 Å². The van der Waals surface area contributed by atoms with E-state index in [-0.39, 0.29) is 23.9 Å². The van der Waals surface area contributed by atoms with Crippen LogP contribution in [0.4, 0.5) is 0 Å². The summed E-state index contributed by atoms with van der Waals surface area (Å²) in [4.78, 5) is 11.5. The highest BCUT2D eigenvalue weighted by Crippen LogP contribution is 2.52. The highest BCUT2D eigenvalue weighted by Gasteiger charge is 2.52. The molecule has 4 nitrogen and oxygen atoms in total. The van der Waals surface area contributed by atoms with Gasteiger partial charge in [-0.05, 0) is 30.5 Å². The number of carbonyl (C=O) groups is 1. The van der Waals surface area contributed by atoms with Crippen LogP contribution in [0.1, 0.15) is 35.2 Å². The normalized spacial score (nSPS) is 31.4. The van der Waals surface area contributed by atoms with Crippen molar-refractivity contribution in [2.75, 3.05) is 20.2 Å². The zero-order chi connectivity index (χ0) is 15.0. The van der Waals surface area contributed by atoms with E-state index >= 15 is 0 Å². The van der Waals surface area contributed by atoms with Crippen molar-refractivity contribution in [2.45, 2.75) is 24.9 Å². The second kappa shape index (κ2) is 6.87. The molecule has 1 saturated heterocycles. The maximum Gasteiger partial charge on any atom is 0.248 e. The van der Waals surface area contributed by atoms with Crippen LogP contribution < -0.4 is 5.73 Å². The summed E-state index contributed by atoms with van der Waals surface area (Å²) in [6.07, 6.45) is 3.54. The van der Waals surface area contributed by atoms with E-state index in [0.29, 0.717) is 17.4 Å². The fourth-order valence-corrected chi connectivity index (χ4v) is 4.92. The average Bonchev–Trinajstić information content (AvgIpc) is 2.46. The van der Waals surface area contributed by atoms with Crippen molar-refractivity contribution in [1.82, 2.24) is 3.93 Å². The zero-order valence-corrected chi connectivity index (χ0v) is 15.0. The van der Waals surface area contributed by atoms with Crippen LogP contribution in [0.15, 0.2) is 24.3 Å². The lowest BCUT2D eigenvalue weighted by Crippen LogP contribution is -2.57. The molecule has 0 spiro atoms. The topological polar surface area (TPSA) is 55.6 Å². The molecular formula is C16H22BrClN2O2. The smallest absolute Gasteiger partial charge is 0.248 e. The largest absolute Gasteiger partial charge is 0.373 e. The number of fused-ring (bicyclic) bond motifs is 2. The number of nitrogens with zero attached hydrogens (tertiary/aromatic N) is 1. The molecule has 2 N–H and O–H groups in total. The van der Waals surface area contributed by atoms with Gasteiger partial charge >= 0.3 is 0 Å². The second-order valence-electron chi connectivity index (χ2n) is 6.09. The molecule has 122 valence electrons. The first kappa shape index (κ1) is 17.7. The van der Waals surface area contributed by atoms with E-state index in [1.165, 1.54) is 6.42 Å². The quantitative estimate of drug-likeness (QED) is 0.808. The lowest BCUT2D eigenvalue weighted by molar-refractivity contribution is -0.155. The minimum atomic E-state index is -0.383. The van der Waals surface area contributed by atoms with Gasteiger partial charge in [-0.15, -0.1) is 12.4 Å². The van der Waals surface area contributed by atoms with Crippen molar-refractivity contribution < 1.29 is 9.53 Å². The molecular weight excluding hydrogens is 368 g/mol. The van der Waals surface area contributed by atoms with Crippen LogP contribution in [-0.4, -0.2) is 30.0 Å². The Morgan fingerprint density at radius 2 is 2.00 bits per heavy atom. The van der Waals surface area contributed by atoms with Crippen LogP contribution in [0.3, 0.4) is 0 Å². The Bertz CT molecular complexity index is 541. The molecule has 0 radical (unpaired) electrons. The SMILES string of the molecule is COC1(c2cccc(C(N)=O)c2)C2CCCC1CN(Br)C2.Cl. The monoisotopic (exact) mass is 388 g/mol. The van der Waals surface area contributed by atoms with E-state index < -0.39 is 0 Å². The second-order valence-corrected chi connectivity index (χ2v) is 7.10. The standard InChI is InChI=1S/C16H21BrN2O2.ClH/c1-21-16(12-5-2-4-11(8-12)15(18)20)13-6-3-7-14(16)10-19(17)9-13;/h2,4-5,8,13-14H,3,6-7,9-10H2,1H3,(H2,18,20);1H. The van der Waals surface area contributed by atoms with Crippen molar-refractivity contribution in [3.8, 4) is 0 Å². The summed E-state index contributed by atoms with van der Waals surface area (Å²) in [6.45, 7) is 1.93. The predicted molar refractivity (Wildman–Crippen MR) is 92.2 cm³/mol. The molecule has 2 aliphatic rings. The molecule has 3 rings (SSSR count). The van der Waals surface area contributed by atoms with Gasteiger partial charge in [0.05, 0.1) is 0 Å². The molecule has 1 heterocycles. The zero-order valence-electron chi connectivity index (χ0n) is 12.6. The molecule has 1 amide bonds. The van der Waals surface area contributed by atoms with Gasteiger partial charge in [0.2, 0.25) is 5.91 Å². The first-order chi connectivity index (χ1) is 10.1. The minimum absolute atomic E-state index is 0. The lowest BCUT2D eigenvalue weighted by Gasteiger charge is -2.54. The summed E-state index contributed by atoms with van der Waals surface area (Å²) >= 11 is 3.64. The van der Waals surface area contributed by atoms with Crippen LogP contribution in [0.5, 0.6) is 0 Å². The number of piperidine rings is 1. The maximum atomic E-state index is 11.5. The number of benzene rings is 1. The van der Waals surface area contributed by atoms with Gasteiger partial charge in [0.15, 0.2) is 0 Å². The highest BCUT2D eigenvalue weighted by molar-refractivity contribution is 9.07. The number of halogens is 2. The molecule has 1 saturated carbocycles. The summed E-state index contributed by atoms with van der Waals surface area (Å²) in [7, 11) is 1.80. The first-order valence-corrected chi connectivity index (χ1v) is 8.15. The van der Waals surface area contributed by atoms with Gasteiger partial charge in [-0.25, -0.2) is 3.93 Å². The van der Waals surface area contributed by atoms with Gasteiger partial charge in [-0.2, -0.15) is 0 Å². The third-order valence-corrected chi connectivity index (χ3v) is 5.67. The van der Waals surface area contributed by atoms with Crippen LogP contribution in [0, 0.1) is 11.8 Å². The number of ether oxygens (including phenoxy) is 1. The maximum absolute atomic E-state index is 11.5. The summed E-state index contributed by atoms with van der Waals surface area (Å²) in [6, 6.07) is 7.67. The Kier molecular flexibility index (Phi) is 5.54. The lowest BCUT2D eigenvalue weighted by atomic mass is 9.62. The molecule has 1 aromatic carbocycles. The third-order valence-electron chi connectivity index (χ3n) is 5.09. The number of hydrogen-bond acceptors (Lipinski definition) is 3. The van der Waals surface area contributed by atoms with Crippen LogP contribution in [0.25, 0.3) is 0 Å². The molecule has 1 aromatic rings. The predicted octanol–water partition coefficient (Wildman–Crippen LogP) is 3.09. The van der Waals surface area contributed by atoms with E-state index in [1.54, 1.807) is 13.2 Å². The Morgan fingerprint density at radius 3 is 2.55 bits per heavy atom. The van der Waals surface area contributed by atoms with E-state index in [1.807, 2.05) is 12.1 Å². The molecule has 2 atom stereocenters. The number of nitrogens with two attached hydrogens (primary N) is 1. The molecule has 2 fully saturated rings.